The van der Waals surface area contributed by atoms with Crippen LogP contribution >= 0.6 is 12.2 Å². The van der Waals surface area contributed by atoms with Gasteiger partial charge in [-0.2, -0.15) is 0 Å². The summed E-state index contributed by atoms with van der Waals surface area (Å²) in [6.07, 6.45) is 4.23. The first-order chi connectivity index (χ1) is 4.77. The molecule has 0 saturated heterocycles. The van der Waals surface area contributed by atoms with Crippen LogP contribution in [0.25, 0.3) is 0 Å². The first kappa shape index (κ1) is 9.69. The first-order valence-electron chi connectivity index (χ1n) is 2.80. The second kappa shape index (κ2) is 6.81. The molecule has 1 atom stereocenters. The van der Waals surface area contributed by atoms with Crippen molar-refractivity contribution < 1.29 is 4.21 Å². The number of rotatable bonds is 4. The molecule has 4 heteroatoms. The normalized spacial score (nSPS) is 12.9. The summed E-state index contributed by atoms with van der Waals surface area (Å²) in [5, 5.41) is 3.89. The Hall–Kier alpha value is -0.310. The highest BCUT2D eigenvalue weighted by molar-refractivity contribution is 7.87. The van der Waals surface area contributed by atoms with Crippen LogP contribution in [0.5, 0.6) is 0 Å². The fraction of sp³-hybridized carbons (Fsp3) is 0.500. The number of aliphatic imine (C=N–C) groups is 1. The van der Waals surface area contributed by atoms with E-state index in [1.165, 1.54) is 0 Å². The van der Waals surface area contributed by atoms with Crippen molar-refractivity contribution in [3.63, 3.8) is 0 Å². The second-order valence-electron chi connectivity index (χ2n) is 1.63. The number of nitrogens with zero attached hydrogens (tertiary/aromatic N) is 1. The molecule has 10 heavy (non-hydrogen) atoms. The minimum absolute atomic E-state index is 0.636. The van der Waals surface area contributed by atoms with Gasteiger partial charge in [-0.1, -0.05) is 6.08 Å². The SMILES string of the molecule is C[S@](=O)C=CCCN=C=S. The molecule has 0 aliphatic rings. The van der Waals surface area contributed by atoms with Crippen molar-refractivity contribution in [3.8, 4) is 0 Å². The molecule has 0 aliphatic heterocycles. The zero-order valence-corrected chi connectivity index (χ0v) is 7.37. The molecule has 0 aromatic carbocycles. The Balaban J connectivity index is 3.35. The number of thiocarbonyl (C=S) groups is 1. The van der Waals surface area contributed by atoms with Crippen molar-refractivity contribution >= 4 is 28.2 Å². The van der Waals surface area contributed by atoms with Crippen molar-refractivity contribution in [2.45, 2.75) is 6.42 Å². The maximum Gasteiger partial charge on any atom is 0.0585 e. The van der Waals surface area contributed by atoms with Gasteiger partial charge in [0.2, 0.25) is 0 Å². The van der Waals surface area contributed by atoms with Crippen molar-refractivity contribution in [2.24, 2.45) is 4.99 Å². The van der Waals surface area contributed by atoms with E-state index in [0.717, 1.165) is 6.42 Å². The minimum atomic E-state index is -0.840. The summed E-state index contributed by atoms with van der Waals surface area (Å²) in [7, 11) is -0.840. The third-order valence-corrected chi connectivity index (χ3v) is 1.46. The van der Waals surface area contributed by atoms with Crippen LogP contribution in [0.4, 0.5) is 0 Å². The lowest BCUT2D eigenvalue weighted by molar-refractivity contribution is 0.691. The van der Waals surface area contributed by atoms with E-state index < -0.39 is 10.8 Å². The number of isothiocyanates is 1. The molecule has 56 valence electrons. The van der Waals surface area contributed by atoms with Crippen LogP contribution in [-0.2, 0) is 10.8 Å². The summed E-state index contributed by atoms with van der Waals surface area (Å²) < 4.78 is 10.4. The van der Waals surface area contributed by atoms with Crippen LogP contribution in [0.2, 0.25) is 0 Å². The molecule has 0 heterocycles. The molecular formula is C6H9NOS2. The smallest absolute Gasteiger partial charge is 0.0585 e. The molecule has 0 unspecified atom stereocenters. The molecule has 0 aliphatic carbocycles. The highest BCUT2D eigenvalue weighted by atomic mass is 32.2. The Kier molecular flexibility index (Phi) is 6.59. The molecule has 0 N–H and O–H groups in total. The quantitative estimate of drug-likeness (QED) is 0.367. The van der Waals surface area contributed by atoms with Gasteiger partial charge in [-0.05, 0) is 24.0 Å². The lowest BCUT2D eigenvalue weighted by Gasteiger charge is -1.82. The lowest BCUT2D eigenvalue weighted by atomic mass is 10.4. The van der Waals surface area contributed by atoms with Crippen LogP contribution in [0, 0.1) is 0 Å². The van der Waals surface area contributed by atoms with Gasteiger partial charge >= 0.3 is 0 Å². The number of hydrogen-bond donors (Lipinski definition) is 0. The monoisotopic (exact) mass is 175 g/mol. The highest BCUT2D eigenvalue weighted by Crippen LogP contribution is 1.85. The van der Waals surface area contributed by atoms with Gasteiger partial charge in [0.15, 0.2) is 0 Å². The van der Waals surface area contributed by atoms with E-state index in [1.54, 1.807) is 11.7 Å². The fourth-order valence-electron chi connectivity index (χ4n) is 0.388. The van der Waals surface area contributed by atoms with Gasteiger partial charge in [-0.3, -0.25) is 4.21 Å². The molecule has 0 aromatic heterocycles. The largest absolute Gasteiger partial charge is 0.255 e. The predicted molar refractivity (Wildman–Crippen MR) is 47.7 cm³/mol. The standard InChI is InChI=1S/C6H9NOS2/c1-10(8)5-3-2-4-7-6-9/h3,5H,2,4H2,1H3/t10-/m0/s1. The molecule has 2 nitrogen and oxygen atoms in total. The molecule has 0 rings (SSSR count). The van der Waals surface area contributed by atoms with Crippen LogP contribution in [0.3, 0.4) is 0 Å². The average Bonchev–Trinajstić information content (AvgIpc) is 1.87. The van der Waals surface area contributed by atoms with E-state index in [0.29, 0.717) is 6.54 Å². The Morgan fingerprint density at radius 2 is 2.50 bits per heavy atom. The van der Waals surface area contributed by atoms with Gasteiger partial charge in [0, 0.05) is 17.1 Å². The summed E-state index contributed by atoms with van der Waals surface area (Å²) in [5.74, 6) is 0. The third kappa shape index (κ3) is 7.69. The van der Waals surface area contributed by atoms with E-state index in [1.807, 2.05) is 6.08 Å². The van der Waals surface area contributed by atoms with Crippen molar-refractivity contribution in [2.75, 3.05) is 12.8 Å². The fourth-order valence-corrected chi connectivity index (χ4v) is 0.887. The van der Waals surface area contributed by atoms with Crippen molar-refractivity contribution in [3.05, 3.63) is 11.5 Å². The van der Waals surface area contributed by atoms with E-state index in [9.17, 15) is 4.21 Å². The Labute approximate surface area is 68.5 Å². The number of hydrogen-bond acceptors (Lipinski definition) is 3. The van der Waals surface area contributed by atoms with Crippen molar-refractivity contribution in [1.82, 2.24) is 0 Å². The molecule has 0 spiro atoms. The van der Waals surface area contributed by atoms with Crippen LogP contribution < -0.4 is 0 Å². The van der Waals surface area contributed by atoms with E-state index in [-0.39, 0.29) is 0 Å². The third-order valence-electron chi connectivity index (χ3n) is 0.760. The summed E-state index contributed by atoms with van der Waals surface area (Å²) in [5.41, 5.74) is 0. The van der Waals surface area contributed by atoms with E-state index in [4.69, 9.17) is 0 Å². The topological polar surface area (TPSA) is 29.4 Å². The molecule has 0 aromatic rings. The van der Waals surface area contributed by atoms with Gasteiger partial charge in [0.1, 0.15) is 0 Å². The second-order valence-corrected chi connectivity index (χ2v) is 3.08. The molecule has 0 amide bonds. The van der Waals surface area contributed by atoms with E-state index in [2.05, 4.69) is 22.4 Å². The van der Waals surface area contributed by atoms with Crippen LogP contribution in [-0.4, -0.2) is 22.2 Å². The summed E-state index contributed by atoms with van der Waals surface area (Å²) >= 11 is 4.35. The molecule has 0 radical (unpaired) electrons. The van der Waals surface area contributed by atoms with Gasteiger partial charge in [-0.15, -0.1) is 0 Å². The lowest BCUT2D eigenvalue weighted by Crippen LogP contribution is -1.77. The molecule has 0 saturated carbocycles. The van der Waals surface area contributed by atoms with Gasteiger partial charge < -0.3 is 0 Å². The molecular weight excluding hydrogens is 166 g/mol. The van der Waals surface area contributed by atoms with Crippen LogP contribution in [0.1, 0.15) is 6.42 Å². The molecule has 0 bridgehead atoms. The van der Waals surface area contributed by atoms with Crippen molar-refractivity contribution in [1.29, 1.82) is 0 Å². The maximum absolute atomic E-state index is 10.4. The molecule has 0 fully saturated rings. The van der Waals surface area contributed by atoms with E-state index >= 15 is 0 Å². The van der Waals surface area contributed by atoms with Gasteiger partial charge in [-0.25, -0.2) is 4.99 Å². The Bertz CT molecular complexity index is 182. The Morgan fingerprint density at radius 3 is 3.00 bits per heavy atom. The first-order valence-corrected chi connectivity index (χ1v) is 4.83. The maximum atomic E-state index is 10.4. The zero-order chi connectivity index (χ0) is 7.82. The summed E-state index contributed by atoms with van der Waals surface area (Å²) in [4.78, 5) is 3.68. The van der Waals surface area contributed by atoms with Gasteiger partial charge in [0.05, 0.1) is 11.7 Å². The average molecular weight is 175 g/mol. The zero-order valence-electron chi connectivity index (χ0n) is 5.74. The summed E-state index contributed by atoms with van der Waals surface area (Å²) in [6.45, 7) is 0.636. The summed E-state index contributed by atoms with van der Waals surface area (Å²) in [6, 6.07) is 0. The predicted octanol–water partition coefficient (Wildman–Crippen LogP) is 1.37. The van der Waals surface area contributed by atoms with Gasteiger partial charge in [0.25, 0.3) is 0 Å². The van der Waals surface area contributed by atoms with Crippen LogP contribution in [0.15, 0.2) is 16.5 Å². The minimum Gasteiger partial charge on any atom is -0.255 e. The highest BCUT2D eigenvalue weighted by Gasteiger charge is 1.78. The Morgan fingerprint density at radius 1 is 1.80 bits per heavy atom.